The highest BCUT2D eigenvalue weighted by Gasteiger charge is 2.18. The molecule has 168 valence electrons. The van der Waals surface area contributed by atoms with Crippen LogP contribution < -0.4 is 15.6 Å². The molecule has 6 nitrogen and oxygen atoms in total. The van der Waals surface area contributed by atoms with Crippen molar-refractivity contribution in [3.8, 4) is 16.9 Å². The first-order chi connectivity index (χ1) is 16.6. The normalized spacial score (nSPS) is 10.2. The van der Waals surface area contributed by atoms with E-state index < -0.39 is 11.8 Å². The van der Waals surface area contributed by atoms with E-state index in [2.05, 4.69) is 10.9 Å². The summed E-state index contributed by atoms with van der Waals surface area (Å²) in [6.07, 6.45) is 0. The number of benzene rings is 4. The monoisotopic (exact) mass is 450 g/mol. The number of carbonyl (C=O) groups excluding carboxylic acids is 3. The number of hydrogen-bond acceptors (Lipinski definition) is 4. The number of nitrogens with one attached hydrogen (secondary N) is 2. The van der Waals surface area contributed by atoms with Gasteiger partial charge in [-0.1, -0.05) is 97.1 Å². The average molecular weight is 450 g/mol. The zero-order chi connectivity index (χ0) is 23.8. The standard InChI is InChI=1S/C28H22N2O4/c31-26(19-34-25-18-10-9-15-22(25)20-11-3-1-4-12-20)29-30-28(33)24-17-8-7-16-23(24)27(32)21-13-5-2-6-14-21/h1-18H,19H2,(H,29,31)(H,30,33). The van der Waals surface area contributed by atoms with E-state index in [0.29, 0.717) is 11.3 Å². The number of ether oxygens (including phenoxy) is 1. The maximum Gasteiger partial charge on any atom is 0.276 e. The molecule has 0 fully saturated rings. The molecule has 0 aliphatic carbocycles. The van der Waals surface area contributed by atoms with Crippen molar-refractivity contribution in [3.05, 3.63) is 126 Å². The Morgan fingerprint density at radius 2 is 1.21 bits per heavy atom. The van der Waals surface area contributed by atoms with Crippen LogP contribution in [0.15, 0.2) is 109 Å². The quantitative estimate of drug-likeness (QED) is 0.322. The summed E-state index contributed by atoms with van der Waals surface area (Å²) >= 11 is 0. The van der Waals surface area contributed by atoms with Crippen LogP contribution in [0.5, 0.6) is 5.75 Å². The van der Waals surface area contributed by atoms with Crippen molar-refractivity contribution in [2.75, 3.05) is 6.61 Å². The third-order valence-corrected chi connectivity index (χ3v) is 5.10. The molecule has 0 bridgehead atoms. The lowest BCUT2D eigenvalue weighted by Gasteiger charge is -2.13. The van der Waals surface area contributed by atoms with E-state index in [9.17, 15) is 14.4 Å². The molecule has 0 aliphatic heterocycles. The number of rotatable bonds is 7. The molecule has 0 spiro atoms. The molecule has 0 unspecified atom stereocenters. The van der Waals surface area contributed by atoms with Gasteiger partial charge in [-0.05, 0) is 17.7 Å². The van der Waals surface area contributed by atoms with Crippen LogP contribution >= 0.6 is 0 Å². The molecule has 0 saturated heterocycles. The van der Waals surface area contributed by atoms with Crippen molar-refractivity contribution >= 4 is 17.6 Å². The first-order valence-corrected chi connectivity index (χ1v) is 10.7. The predicted molar refractivity (Wildman–Crippen MR) is 129 cm³/mol. The lowest BCUT2D eigenvalue weighted by molar-refractivity contribution is -0.123. The topological polar surface area (TPSA) is 84.5 Å². The minimum absolute atomic E-state index is 0.159. The van der Waals surface area contributed by atoms with E-state index in [0.717, 1.165) is 11.1 Å². The second kappa shape index (κ2) is 10.7. The number of amides is 2. The molecule has 0 radical (unpaired) electrons. The van der Waals surface area contributed by atoms with Crippen molar-refractivity contribution < 1.29 is 19.1 Å². The maximum absolute atomic E-state index is 12.8. The van der Waals surface area contributed by atoms with Gasteiger partial charge in [0.15, 0.2) is 12.4 Å². The zero-order valence-corrected chi connectivity index (χ0v) is 18.2. The lowest BCUT2D eigenvalue weighted by Crippen LogP contribution is -2.44. The van der Waals surface area contributed by atoms with Crippen LogP contribution in [0, 0.1) is 0 Å². The Labute approximate surface area is 197 Å². The Hall–Kier alpha value is -4.71. The molecular weight excluding hydrogens is 428 g/mol. The minimum atomic E-state index is -0.599. The predicted octanol–water partition coefficient (Wildman–Crippen LogP) is 4.42. The average Bonchev–Trinajstić information content (AvgIpc) is 2.91. The van der Waals surface area contributed by atoms with Crippen LogP contribution in [0.3, 0.4) is 0 Å². The molecule has 0 aromatic heterocycles. The van der Waals surface area contributed by atoms with E-state index in [1.54, 1.807) is 48.5 Å². The number of hydrazine groups is 1. The summed E-state index contributed by atoms with van der Waals surface area (Å²) < 4.78 is 5.69. The van der Waals surface area contributed by atoms with Gasteiger partial charge >= 0.3 is 0 Å². The Bertz CT molecular complexity index is 1300. The summed E-state index contributed by atoms with van der Waals surface area (Å²) in [7, 11) is 0. The number of hydrogen-bond donors (Lipinski definition) is 2. The van der Waals surface area contributed by atoms with Crippen molar-refractivity contribution in [1.29, 1.82) is 0 Å². The van der Waals surface area contributed by atoms with E-state index in [1.165, 1.54) is 6.07 Å². The highest BCUT2D eigenvalue weighted by Crippen LogP contribution is 2.29. The highest BCUT2D eigenvalue weighted by molar-refractivity contribution is 6.15. The maximum atomic E-state index is 12.8. The lowest BCUT2D eigenvalue weighted by atomic mass is 9.98. The second-order valence-corrected chi connectivity index (χ2v) is 7.39. The summed E-state index contributed by atoms with van der Waals surface area (Å²) in [6, 6.07) is 32.2. The molecule has 0 saturated carbocycles. The third-order valence-electron chi connectivity index (χ3n) is 5.10. The van der Waals surface area contributed by atoms with Gasteiger partial charge in [0.1, 0.15) is 5.75 Å². The summed E-state index contributed by atoms with van der Waals surface area (Å²) in [6.45, 7) is -0.297. The van der Waals surface area contributed by atoms with Crippen LogP contribution in [-0.2, 0) is 4.79 Å². The molecule has 4 aromatic rings. The minimum Gasteiger partial charge on any atom is -0.483 e. The SMILES string of the molecule is O=C(COc1ccccc1-c1ccccc1)NNC(=O)c1ccccc1C(=O)c1ccccc1. The van der Waals surface area contributed by atoms with E-state index in [4.69, 9.17) is 4.74 Å². The smallest absolute Gasteiger partial charge is 0.276 e. The summed E-state index contributed by atoms with van der Waals surface area (Å²) in [4.78, 5) is 37.9. The van der Waals surface area contributed by atoms with Crippen molar-refractivity contribution in [1.82, 2.24) is 10.9 Å². The molecule has 0 aliphatic rings. The van der Waals surface area contributed by atoms with Crippen LogP contribution in [0.4, 0.5) is 0 Å². The van der Waals surface area contributed by atoms with Crippen LogP contribution in [-0.4, -0.2) is 24.2 Å². The van der Waals surface area contributed by atoms with Gasteiger partial charge in [0.25, 0.3) is 11.8 Å². The molecule has 4 rings (SSSR count). The number of para-hydroxylation sites is 1. The van der Waals surface area contributed by atoms with Crippen LogP contribution in [0.2, 0.25) is 0 Å². The zero-order valence-electron chi connectivity index (χ0n) is 18.2. The number of ketones is 1. The van der Waals surface area contributed by atoms with Crippen molar-refractivity contribution in [2.45, 2.75) is 0 Å². The van der Waals surface area contributed by atoms with Gasteiger partial charge in [0, 0.05) is 16.7 Å². The Morgan fingerprint density at radius 3 is 1.94 bits per heavy atom. The third kappa shape index (κ3) is 5.37. The van der Waals surface area contributed by atoms with Gasteiger partial charge in [-0.2, -0.15) is 0 Å². The van der Waals surface area contributed by atoms with E-state index in [-0.39, 0.29) is 23.5 Å². The fraction of sp³-hybridized carbons (Fsp3) is 0.0357. The molecular formula is C28H22N2O4. The van der Waals surface area contributed by atoms with Crippen LogP contribution in [0.25, 0.3) is 11.1 Å². The molecule has 0 heterocycles. The Morgan fingerprint density at radius 1 is 0.618 bits per heavy atom. The van der Waals surface area contributed by atoms with Gasteiger partial charge in [0.2, 0.25) is 0 Å². The second-order valence-electron chi connectivity index (χ2n) is 7.39. The van der Waals surface area contributed by atoms with Gasteiger partial charge in [0.05, 0.1) is 5.56 Å². The molecule has 34 heavy (non-hydrogen) atoms. The fourth-order valence-electron chi connectivity index (χ4n) is 3.45. The molecule has 2 N–H and O–H groups in total. The Balaban J connectivity index is 1.38. The van der Waals surface area contributed by atoms with Crippen molar-refractivity contribution in [2.24, 2.45) is 0 Å². The van der Waals surface area contributed by atoms with Gasteiger partial charge < -0.3 is 4.74 Å². The summed E-state index contributed by atoms with van der Waals surface area (Å²) in [5.74, 6) is -0.867. The Kier molecular flexibility index (Phi) is 7.10. The van der Waals surface area contributed by atoms with E-state index in [1.807, 2.05) is 54.6 Å². The fourth-order valence-corrected chi connectivity index (χ4v) is 3.45. The van der Waals surface area contributed by atoms with Crippen molar-refractivity contribution in [3.63, 3.8) is 0 Å². The van der Waals surface area contributed by atoms with Crippen LogP contribution in [0.1, 0.15) is 26.3 Å². The van der Waals surface area contributed by atoms with E-state index >= 15 is 0 Å². The molecule has 2 amide bonds. The summed E-state index contributed by atoms with van der Waals surface area (Å²) in [5.41, 5.74) is 7.39. The summed E-state index contributed by atoms with van der Waals surface area (Å²) in [5, 5.41) is 0. The first-order valence-electron chi connectivity index (χ1n) is 10.7. The molecule has 6 heteroatoms. The van der Waals surface area contributed by atoms with Gasteiger partial charge in [-0.15, -0.1) is 0 Å². The van der Waals surface area contributed by atoms with Gasteiger partial charge in [-0.3, -0.25) is 25.2 Å². The van der Waals surface area contributed by atoms with Gasteiger partial charge in [-0.25, -0.2) is 0 Å². The largest absolute Gasteiger partial charge is 0.483 e. The number of carbonyl (C=O) groups is 3. The molecule has 0 atom stereocenters. The highest BCUT2D eigenvalue weighted by atomic mass is 16.5. The first kappa shape index (κ1) is 22.5. The molecule has 4 aromatic carbocycles.